The lowest BCUT2D eigenvalue weighted by Gasteiger charge is -2.28. The fraction of sp³-hybridized carbons (Fsp3) is 0.550. The van der Waals surface area contributed by atoms with Gasteiger partial charge in [0.2, 0.25) is 0 Å². The van der Waals surface area contributed by atoms with Gasteiger partial charge in [0.15, 0.2) is 6.61 Å². The highest BCUT2D eigenvalue weighted by molar-refractivity contribution is 5.79. The molecule has 2 bridgehead atoms. The van der Waals surface area contributed by atoms with E-state index in [4.69, 9.17) is 4.74 Å². The topological polar surface area (TPSA) is 60.2 Å². The number of nitrogens with zero attached hydrogens (tertiary/aromatic N) is 4. The lowest BCUT2D eigenvalue weighted by molar-refractivity contribution is -0.136. The smallest absolute Gasteiger partial charge is 0.261 e. The zero-order valence-corrected chi connectivity index (χ0v) is 15.5. The van der Waals surface area contributed by atoms with Gasteiger partial charge >= 0.3 is 0 Å². The van der Waals surface area contributed by atoms with Crippen molar-refractivity contribution in [2.24, 2.45) is 5.92 Å². The van der Waals surface area contributed by atoms with Crippen LogP contribution in [-0.4, -0.2) is 44.3 Å². The average molecular weight is 354 g/mol. The van der Waals surface area contributed by atoms with Crippen molar-refractivity contribution in [2.75, 3.05) is 6.61 Å². The number of para-hydroxylation sites is 1. The molecule has 6 nitrogen and oxygen atoms in total. The summed E-state index contributed by atoms with van der Waals surface area (Å²) in [5, 5.41) is 8.83. The van der Waals surface area contributed by atoms with Crippen LogP contribution < -0.4 is 4.74 Å². The molecule has 2 atom stereocenters. The van der Waals surface area contributed by atoms with Gasteiger partial charge in [-0.3, -0.25) is 4.79 Å². The third kappa shape index (κ3) is 3.32. The summed E-state index contributed by atoms with van der Waals surface area (Å²) >= 11 is 0. The Labute approximate surface area is 154 Å². The van der Waals surface area contributed by atoms with E-state index in [0.717, 1.165) is 49.6 Å². The van der Waals surface area contributed by atoms with E-state index in [1.807, 2.05) is 30.3 Å². The number of amides is 1. The Kier molecular flexibility index (Phi) is 4.66. The summed E-state index contributed by atoms with van der Waals surface area (Å²) in [6.45, 7) is 5.29. The summed E-state index contributed by atoms with van der Waals surface area (Å²) in [5.74, 6) is 3.43. The summed E-state index contributed by atoms with van der Waals surface area (Å²) in [6.07, 6.45) is 3.79. The number of benzene rings is 1. The molecule has 2 aliphatic heterocycles. The van der Waals surface area contributed by atoms with Gasteiger partial charge in [-0.25, -0.2) is 0 Å². The van der Waals surface area contributed by atoms with Crippen molar-refractivity contribution >= 4 is 5.91 Å². The first-order chi connectivity index (χ1) is 12.6. The number of hydrogen-bond acceptors (Lipinski definition) is 4. The molecule has 138 valence electrons. The first kappa shape index (κ1) is 17.1. The second-order valence-electron chi connectivity index (χ2n) is 7.73. The van der Waals surface area contributed by atoms with E-state index in [2.05, 4.69) is 33.5 Å². The van der Waals surface area contributed by atoms with Gasteiger partial charge in [-0.15, -0.1) is 10.2 Å². The molecular formula is C20H26N4O2. The highest BCUT2D eigenvalue weighted by Crippen LogP contribution is 2.32. The molecule has 1 aromatic heterocycles. The van der Waals surface area contributed by atoms with Crippen molar-refractivity contribution in [3.05, 3.63) is 42.0 Å². The Morgan fingerprint density at radius 2 is 1.96 bits per heavy atom. The van der Waals surface area contributed by atoms with Gasteiger partial charge in [-0.1, -0.05) is 32.0 Å². The molecule has 1 fully saturated rings. The van der Waals surface area contributed by atoms with Crippen LogP contribution >= 0.6 is 0 Å². The molecule has 0 aliphatic carbocycles. The first-order valence-corrected chi connectivity index (χ1v) is 9.51. The van der Waals surface area contributed by atoms with Crippen LogP contribution in [0.25, 0.3) is 0 Å². The third-order valence-corrected chi connectivity index (χ3v) is 5.32. The van der Waals surface area contributed by atoms with Gasteiger partial charge in [0.25, 0.3) is 5.91 Å². The second kappa shape index (κ2) is 7.09. The van der Waals surface area contributed by atoms with Crippen molar-refractivity contribution in [2.45, 2.75) is 58.2 Å². The normalized spacial score (nSPS) is 21.6. The van der Waals surface area contributed by atoms with E-state index in [9.17, 15) is 4.79 Å². The molecule has 0 unspecified atom stereocenters. The van der Waals surface area contributed by atoms with Gasteiger partial charge in [-0.2, -0.15) is 0 Å². The van der Waals surface area contributed by atoms with Crippen LogP contribution in [0.15, 0.2) is 30.3 Å². The Balaban J connectivity index is 1.47. The molecule has 0 saturated carbocycles. The number of aromatic nitrogens is 3. The van der Waals surface area contributed by atoms with Crippen molar-refractivity contribution in [1.29, 1.82) is 0 Å². The minimum Gasteiger partial charge on any atom is -0.484 e. The number of carbonyl (C=O) groups is 1. The maximum Gasteiger partial charge on any atom is 0.261 e. The molecule has 3 heterocycles. The zero-order valence-electron chi connectivity index (χ0n) is 15.5. The van der Waals surface area contributed by atoms with E-state index in [-0.39, 0.29) is 24.6 Å². The van der Waals surface area contributed by atoms with E-state index in [1.54, 1.807) is 0 Å². The SMILES string of the molecule is CC(C)Cc1nnc2n1C[C@H]1CC[C@@H](C2)N1C(=O)COc1ccccc1. The largest absolute Gasteiger partial charge is 0.484 e. The Bertz CT molecular complexity index is 771. The molecule has 1 amide bonds. The van der Waals surface area contributed by atoms with Crippen molar-refractivity contribution in [1.82, 2.24) is 19.7 Å². The fourth-order valence-electron chi connectivity index (χ4n) is 4.16. The minimum atomic E-state index is 0.0745. The number of rotatable bonds is 5. The van der Waals surface area contributed by atoms with Crippen LogP contribution in [-0.2, 0) is 24.2 Å². The molecule has 2 aromatic rings. The van der Waals surface area contributed by atoms with Crippen molar-refractivity contribution < 1.29 is 9.53 Å². The lowest BCUT2D eigenvalue weighted by atomic mass is 10.1. The Morgan fingerprint density at radius 3 is 2.73 bits per heavy atom. The summed E-state index contributed by atoms with van der Waals surface area (Å²) in [4.78, 5) is 14.9. The van der Waals surface area contributed by atoms with E-state index < -0.39 is 0 Å². The number of carbonyl (C=O) groups excluding carboxylic acids is 1. The Morgan fingerprint density at radius 1 is 1.19 bits per heavy atom. The van der Waals surface area contributed by atoms with Gasteiger partial charge < -0.3 is 14.2 Å². The highest BCUT2D eigenvalue weighted by Gasteiger charge is 2.41. The average Bonchev–Trinajstić information content (AvgIpc) is 3.12. The lowest BCUT2D eigenvalue weighted by Crippen LogP contribution is -2.44. The third-order valence-electron chi connectivity index (χ3n) is 5.32. The standard InChI is InChI=1S/C20H26N4O2/c1-14(2)10-18-21-22-19-11-15-8-9-16(12-23(18)19)24(15)20(25)13-26-17-6-4-3-5-7-17/h3-7,14-16H,8-13H2,1-2H3/t15-,16+/m0/s1. The second-order valence-corrected chi connectivity index (χ2v) is 7.73. The van der Waals surface area contributed by atoms with Crippen molar-refractivity contribution in [3.8, 4) is 5.75 Å². The fourth-order valence-corrected chi connectivity index (χ4v) is 4.16. The predicted octanol–water partition coefficient (Wildman–Crippen LogP) is 2.47. The van der Waals surface area contributed by atoms with Gasteiger partial charge in [0.1, 0.15) is 17.4 Å². The predicted molar refractivity (Wildman–Crippen MR) is 97.9 cm³/mol. The molecule has 0 spiro atoms. The maximum absolute atomic E-state index is 12.9. The molecule has 0 radical (unpaired) electrons. The summed E-state index contributed by atoms with van der Waals surface area (Å²) in [6, 6.07) is 9.95. The Hall–Kier alpha value is -2.37. The van der Waals surface area contributed by atoms with Crippen LogP contribution in [0.5, 0.6) is 5.75 Å². The molecule has 6 heteroatoms. The van der Waals surface area contributed by atoms with Crippen LogP contribution in [0.3, 0.4) is 0 Å². The van der Waals surface area contributed by atoms with Crippen LogP contribution in [0, 0.1) is 5.92 Å². The molecular weight excluding hydrogens is 328 g/mol. The van der Waals surface area contributed by atoms with Crippen molar-refractivity contribution in [3.63, 3.8) is 0 Å². The molecule has 0 N–H and O–H groups in total. The molecule has 1 aromatic carbocycles. The van der Waals surface area contributed by atoms with Crippen LogP contribution in [0.2, 0.25) is 0 Å². The van der Waals surface area contributed by atoms with Crippen LogP contribution in [0.4, 0.5) is 0 Å². The summed E-state index contributed by atoms with van der Waals surface area (Å²) < 4.78 is 7.95. The van der Waals surface area contributed by atoms with E-state index >= 15 is 0 Å². The molecule has 1 saturated heterocycles. The van der Waals surface area contributed by atoms with Gasteiger partial charge in [0, 0.05) is 25.4 Å². The zero-order chi connectivity index (χ0) is 18.1. The first-order valence-electron chi connectivity index (χ1n) is 9.51. The maximum atomic E-state index is 12.9. The molecule has 4 rings (SSSR count). The van der Waals surface area contributed by atoms with E-state index in [1.165, 1.54) is 0 Å². The summed E-state index contributed by atoms with van der Waals surface area (Å²) in [7, 11) is 0. The highest BCUT2D eigenvalue weighted by atomic mass is 16.5. The van der Waals surface area contributed by atoms with E-state index in [0.29, 0.717) is 5.92 Å². The summed E-state index contributed by atoms with van der Waals surface area (Å²) in [5.41, 5.74) is 0. The number of hydrogen-bond donors (Lipinski definition) is 0. The number of fused-ring (bicyclic) bond motifs is 3. The van der Waals surface area contributed by atoms with Crippen LogP contribution in [0.1, 0.15) is 38.3 Å². The van der Waals surface area contributed by atoms with Gasteiger partial charge in [0.05, 0.1) is 6.04 Å². The van der Waals surface area contributed by atoms with Gasteiger partial charge in [-0.05, 0) is 30.9 Å². The number of ether oxygens (including phenoxy) is 1. The monoisotopic (exact) mass is 354 g/mol. The minimum absolute atomic E-state index is 0.0745. The molecule has 2 aliphatic rings. The molecule has 26 heavy (non-hydrogen) atoms. The quantitative estimate of drug-likeness (QED) is 0.828.